The predicted molar refractivity (Wildman–Crippen MR) is 176 cm³/mol. The molecule has 1 saturated heterocycles. The molecule has 240 valence electrons. The summed E-state index contributed by atoms with van der Waals surface area (Å²) in [6.07, 6.45) is -1.84. The van der Waals surface area contributed by atoms with E-state index in [1.807, 2.05) is 45.0 Å². The fourth-order valence-electron chi connectivity index (χ4n) is 5.15. The molecule has 4 N–H and O–H groups in total. The Morgan fingerprint density at radius 3 is 2.38 bits per heavy atom. The first-order chi connectivity index (χ1) is 21.2. The predicted octanol–water partition coefficient (Wildman–Crippen LogP) is 3.85. The standard InChI is InChI=1S/C32H37ClN4O6S2/c1-20-10-8-9-13-23(20)18-34-30(40)29-32(3,4)44-19-37(29)31(41)28(39)27(16-22-11-6-5-7-12-22)36-45(42,43)24-14-15-26(25(33)17-24)35-21(2)38/h5-15,17,27-29,36,39H,16,18-19H2,1-4H3,(H,34,40)(H,35,38). The van der Waals surface area contributed by atoms with Gasteiger partial charge in [-0.05, 0) is 62.1 Å². The van der Waals surface area contributed by atoms with E-state index in [0.29, 0.717) is 5.56 Å². The molecule has 13 heteroatoms. The zero-order valence-electron chi connectivity index (χ0n) is 25.4. The number of nitrogens with one attached hydrogen (secondary N) is 3. The van der Waals surface area contributed by atoms with Crippen molar-refractivity contribution in [3.05, 3.63) is 94.5 Å². The number of aliphatic hydroxyl groups is 1. The van der Waals surface area contributed by atoms with Gasteiger partial charge in [0.2, 0.25) is 21.8 Å². The number of amides is 3. The zero-order valence-corrected chi connectivity index (χ0v) is 27.8. The fraction of sp³-hybridized carbons (Fsp3) is 0.344. The zero-order chi connectivity index (χ0) is 32.9. The molecule has 3 atom stereocenters. The van der Waals surface area contributed by atoms with Crippen molar-refractivity contribution in [3.8, 4) is 0 Å². The van der Waals surface area contributed by atoms with Crippen LogP contribution in [0.4, 0.5) is 5.69 Å². The van der Waals surface area contributed by atoms with Crippen LogP contribution >= 0.6 is 23.4 Å². The third-order valence-electron chi connectivity index (χ3n) is 7.59. The lowest BCUT2D eigenvalue weighted by atomic mass is 9.97. The molecule has 1 fully saturated rings. The van der Waals surface area contributed by atoms with Gasteiger partial charge in [-0.1, -0.05) is 66.2 Å². The van der Waals surface area contributed by atoms with E-state index in [1.54, 1.807) is 30.3 Å². The van der Waals surface area contributed by atoms with Crippen LogP contribution in [-0.2, 0) is 37.4 Å². The molecular formula is C32H37ClN4O6S2. The van der Waals surface area contributed by atoms with Gasteiger partial charge in [-0.2, -0.15) is 0 Å². The van der Waals surface area contributed by atoms with Gasteiger partial charge in [-0.15, -0.1) is 11.8 Å². The summed E-state index contributed by atoms with van der Waals surface area (Å²) < 4.78 is 28.9. The molecule has 45 heavy (non-hydrogen) atoms. The van der Waals surface area contributed by atoms with Crippen molar-refractivity contribution in [3.63, 3.8) is 0 Å². The van der Waals surface area contributed by atoms with Crippen molar-refractivity contribution in [2.75, 3.05) is 11.2 Å². The van der Waals surface area contributed by atoms with Crippen LogP contribution in [0.5, 0.6) is 0 Å². The number of aliphatic hydroxyl groups excluding tert-OH is 1. The smallest absolute Gasteiger partial charge is 0.254 e. The molecule has 1 heterocycles. The molecular weight excluding hydrogens is 636 g/mol. The number of benzene rings is 3. The van der Waals surface area contributed by atoms with Crippen LogP contribution in [0.15, 0.2) is 77.7 Å². The lowest BCUT2D eigenvalue weighted by molar-refractivity contribution is -0.147. The number of hydrogen-bond acceptors (Lipinski definition) is 7. The van der Waals surface area contributed by atoms with Gasteiger partial charge in [-0.3, -0.25) is 14.4 Å². The number of anilines is 1. The Balaban J connectivity index is 1.59. The van der Waals surface area contributed by atoms with E-state index < -0.39 is 38.9 Å². The van der Waals surface area contributed by atoms with Crippen molar-refractivity contribution in [2.45, 2.75) is 68.5 Å². The molecule has 1 aliphatic heterocycles. The summed E-state index contributed by atoms with van der Waals surface area (Å²) >= 11 is 7.63. The van der Waals surface area contributed by atoms with E-state index in [2.05, 4.69) is 15.4 Å². The summed E-state index contributed by atoms with van der Waals surface area (Å²) in [5, 5.41) is 16.9. The number of sulfonamides is 1. The highest BCUT2D eigenvalue weighted by Gasteiger charge is 2.50. The molecule has 3 unspecified atom stereocenters. The Hall–Kier alpha value is -3.42. The maximum atomic E-state index is 13.9. The lowest BCUT2D eigenvalue weighted by Gasteiger charge is -2.33. The molecule has 0 aromatic heterocycles. The SMILES string of the molecule is CC(=O)Nc1ccc(S(=O)(=O)NC(Cc2ccccc2)C(O)C(=O)N2CSC(C)(C)C2C(=O)NCc2ccccc2C)cc1Cl. The Morgan fingerprint density at radius 2 is 1.73 bits per heavy atom. The van der Waals surface area contributed by atoms with Crippen molar-refractivity contribution < 1.29 is 27.9 Å². The van der Waals surface area contributed by atoms with Gasteiger partial charge in [0, 0.05) is 18.2 Å². The van der Waals surface area contributed by atoms with Crippen LogP contribution in [0, 0.1) is 6.92 Å². The second-order valence-corrected chi connectivity index (χ2v) is 15.1. The second kappa shape index (κ2) is 14.3. The minimum atomic E-state index is -4.31. The molecule has 3 aromatic carbocycles. The van der Waals surface area contributed by atoms with Crippen LogP contribution in [0.25, 0.3) is 0 Å². The van der Waals surface area contributed by atoms with E-state index in [1.165, 1.54) is 41.8 Å². The molecule has 3 aromatic rings. The highest BCUT2D eigenvalue weighted by atomic mass is 35.5. The number of nitrogens with zero attached hydrogens (tertiary/aromatic N) is 1. The third kappa shape index (κ3) is 8.44. The number of carbonyl (C=O) groups is 3. The summed E-state index contributed by atoms with van der Waals surface area (Å²) in [6.45, 7) is 7.23. The van der Waals surface area contributed by atoms with Crippen LogP contribution in [0.3, 0.4) is 0 Å². The average Bonchev–Trinajstić information content (AvgIpc) is 3.31. The number of hydrogen-bond donors (Lipinski definition) is 4. The molecule has 10 nitrogen and oxygen atoms in total. The first-order valence-electron chi connectivity index (χ1n) is 14.3. The van der Waals surface area contributed by atoms with Gasteiger partial charge in [-0.25, -0.2) is 13.1 Å². The van der Waals surface area contributed by atoms with Crippen LogP contribution in [0.2, 0.25) is 5.02 Å². The maximum Gasteiger partial charge on any atom is 0.254 e. The number of aryl methyl sites for hydroxylation is 1. The number of rotatable bonds is 11. The van der Waals surface area contributed by atoms with Gasteiger partial charge >= 0.3 is 0 Å². The minimum Gasteiger partial charge on any atom is -0.382 e. The summed E-state index contributed by atoms with van der Waals surface area (Å²) in [5.74, 6) is -1.38. The summed E-state index contributed by atoms with van der Waals surface area (Å²) in [6, 6.07) is 18.1. The molecule has 0 radical (unpaired) electrons. The third-order valence-corrected chi connectivity index (χ3v) is 10.8. The summed E-state index contributed by atoms with van der Waals surface area (Å²) in [7, 11) is -4.31. The second-order valence-electron chi connectivity index (χ2n) is 11.4. The van der Waals surface area contributed by atoms with E-state index in [0.717, 1.165) is 11.1 Å². The number of carbonyl (C=O) groups excluding carboxylic acids is 3. The van der Waals surface area contributed by atoms with Gasteiger partial charge < -0.3 is 20.6 Å². The van der Waals surface area contributed by atoms with E-state index in [-0.39, 0.29) is 46.3 Å². The van der Waals surface area contributed by atoms with Gasteiger partial charge in [0.25, 0.3) is 5.91 Å². The van der Waals surface area contributed by atoms with E-state index in [4.69, 9.17) is 11.6 Å². The first kappa shape index (κ1) is 34.5. The monoisotopic (exact) mass is 672 g/mol. The normalized spacial score (nSPS) is 17.4. The Morgan fingerprint density at radius 1 is 1.07 bits per heavy atom. The topological polar surface area (TPSA) is 145 Å². The maximum absolute atomic E-state index is 13.9. The van der Waals surface area contributed by atoms with Crippen molar-refractivity contribution in [1.82, 2.24) is 14.9 Å². The Labute approximate surface area is 273 Å². The minimum absolute atomic E-state index is 0.000169. The van der Waals surface area contributed by atoms with Gasteiger partial charge in [0.15, 0.2) is 0 Å². The van der Waals surface area contributed by atoms with E-state index in [9.17, 15) is 27.9 Å². The fourth-order valence-corrected chi connectivity index (χ4v) is 7.85. The molecule has 0 aliphatic carbocycles. The highest BCUT2D eigenvalue weighted by molar-refractivity contribution is 8.00. The molecule has 0 saturated carbocycles. The van der Waals surface area contributed by atoms with Gasteiger partial charge in [0.05, 0.1) is 27.5 Å². The average molecular weight is 673 g/mol. The summed E-state index contributed by atoms with van der Waals surface area (Å²) in [4.78, 5) is 40.0. The van der Waals surface area contributed by atoms with E-state index >= 15 is 0 Å². The lowest BCUT2D eigenvalue weighted by Crippen LogP contribution is -2.58. The Kier molecular flexibility index (Phi) is 11.0. The number of halogens is 1. The highest BCUT2D eigenvalue weighted by Crippen LogP contribution is 2.40. The Bertz CT molecular complexity index is 1670. The van der Waals surface area contributed by atoms with Crippen LogP contribution in [0.1, 0.15) is 37.5 Å². The molecule has 3 amide bonds. The largest absolute Gasteiger partial charge is 0.382 e. The number of thioether (sulfide) groups is 1. The van der Waals surface area contributed by atoms with Crippen LogP contribution < -0.4 is 15.4 Å². The van der Waals surface area contributed by atoms with Crippen molar-refractivity contribution >= 4 is 56.8 Å². The quantitative estimate of drug-likeness (QED) is 0.242. The summed E-state index contributed by atoms with van der Waals surface area (Å²) in [5.41, 5.74) is 2.87. The molecule has 0 spiro atoms. The molecule has 4 rings (SSSR count). The first-order valence-corrected chi connectivity index (χ1v) is 17.1. The van der Waals surface area contributed by atoms with Crippen molar-refractivity contribution in [2.24, 2.45) is 0 Å². The molecule has 1 aliphatic rings. The molecule has 0 bridgehead atoms. The van der Waals surface area contributed by atoms with Crippen LogP contribution in [-0.4, -0.2) is 65.0 Å². The van der Waals surface area contributed by atoms with Gasteiger partial charge in [0.1, 0.15) is 12.1 Å². The van der Waals surface area contributed by atoms with Crippen molar-refractivity contribution in [1.29, 1.82) is 0 Å².